The van der Waals surface area contributed by atoms with Crippen molar-refractivity contribution < 1.29 is 18.8 Å². The van der Waals surface area contributed by atoms with Gasteiger partial charge in [0.15, 0.2) is 22.8 Å². The molecule has 0 aliphatic heterocycles. The first-order valence-electron chi connectivity index (χ1n) is 6.99. The molecule has 3 N–H and O–H groups in total. The van der Waals surface area contributed by atoms with E-state index >= 15 is 0 Å². The van der Waals surface area contributed by atoms with Gasteiger partial charge in [-0.1, -0.05) is 46.9 Å². The first-order valence-corrected chi connectivity index (χ1v) is 8.13. The van der Waals surface area contributed by atoms with Crippen LogP contribution in [0.3, 0.4) is 0 Å². The lowest BCUT2D eigenvalue weighted by Crippen LogP contribution is -2.32. The number of aryl methyl sites for hydroxylation is 1. The van der Waals surface area contributed by atoms with Crippen molar-refractivity contribution in [2.75, 3.05) is 11.1 Å². The average molecular weight is 408 g/mol. The normalized spacial score (nSPS) is 11.9. The van der Waals surface area contributed by atoms with Crippen LogP contribution in [0.25, 0.3) is 0 Å². The zero-order valence-corrected chi connectivity index (χ0v) is 15.4. The van der Waals surface area contributed by atoms with Gasteiger partial charge < -0.3 is 20.3 Å². The smallest absolute Gasteiger partial charge is 0.359 e. The highest BCUT2D eigenvalue weighted by molar-refractivity contribution is 6.46. The molecule has 1 unspecified atom stereocenters. The number of hydrogen-bond acceptors (Lipinski definition) is 7. The van der Waals surface area contributed by atoms with Gasteiger partial charge in [-0.2, -0.15) is 0 Å². The number of esters is 1. The van der Waals surface area contributed by atoms with Crippen molar-refractivity contribution in [3.8, 4) is 0 Å². The standard InChI is InChI=1S/C14H13Cl3N4O4/c1-3-6(13(22)19-7-4-5(2)25-21-7)24-14(23)11-8(15)10(18)9(16)12(17)20-11/h4,6H,3H2,1-2H3,(H2,18,20)(H,19,21,22). The number of nitrogen functional groups attached to an aromatic ring is 1. The van der Waals surface area contributed by atoms with Gasteiger partial charge in [-0.25, -0.2) is 9.78 Å². The quantitative estimate of drug-likeness (QED) is 0.575. The van der Waals surface area contributed by atoms with Crippen molar-refractivity contribution in [3.63, 3.8) is 0 Å². The zero-order valence-electron chi connectivity index (χ0n) is 13.1. The van der Waals surface area contributed by atoms with Crippen molar-refractivity contribution in [2.24, 2.45) is 0 Å². The molecule has 1 atom stereocenters. The molecule has 0 fully saturated rings. The third kappa shape index (κ3) is 4.33. The second-order valence-corrected chi connectivity index (χ2v) is 6.02. The first-order chi connectivity index (χ1) is 11.7. The molecule has 2 heterocycles. The van der Waals surface area contributed by atoms with Gasteiger partial charge in [-0.05, 0) is 13.3 Å². The molecule has 0 aromatic carbocycles. The Bertz CT molecular complexity index is 825. The van der Waals surface area contributed by atoms with E-state index in [2.05, 4.69) is 15.5 Å². The van der Waals surface area contributed by atoms with Gasteiger partial charge in [0.05, 0.1) is 10.7 Å². The Morgan fingerprint density at radius 2 is 2.04 bits per heavy atom. The number of carbonyl (C=O) groups excluding carboxylic acids is 2. The van der Waals surface area contributed by atoms with E-state index in [1.807, 2.05) is 0 Å². The highest BCUT2D eigenvalue weighted by Gasteiger charge is 2.27. The van der Waals surface area contributed by atoms with Crippen LogP contribution in [-0.2, 0) is 9.53 Å². The number of amides is 1. The summed E-state index contributed by atoms with van der Waals surface area (Å²) in [5, 5.41) is 5.61. The summed E-state index contributed by atoms with van der Waals surface area (Å²) in [6.45, 7) is 3.33. The molecule has 0 aliphatic carbocycles. The maximum Gasteiger partial charge on any atom is 0.359 e. The molecule has 0 spiro atoms. The maximum atomic E-state index is 12.3. The minimum Gasteiger partial charge on any atom is -0.447 e. The predicted molar refractivity (Wildman–Crippen MR) is 93.0 cm³/mol. The van der Waals surface area contributed by atoms with Crippen LogP contribution in [0, 0.1) is 6.92 Å². The van der Waals surface area contributed by atoms with E-state index in [0.29, 0.717) is 5.76 Å². The SMILES string of the molecule is CCC(OC(=O)c1nc(Cl)c(Cl)c(N)c1Cl)C(=O)Nc1cc(C)on1. The fraction of sp³-hybridized carbons (Fsp3) is 0.286. The Balaban J connectivity index is 2.16. The molecular weight excluding hydrogens is 395 g/mol. The molecule has 0 saturated carbocycles. The number of pyridine rings is 1. The lowest BCUT2D eigenvalue weighted by molar-refractivity contribution is -0.124. The monoisotopic (exact) mass is 406 g/mol. The van der Waals surface area contributed by atoms with Crippen LogP contribution in [0.2, 0.25) is 15.2 Å². The topological polar surface area (TPSA) is 120 Å². The Morgan fingerprint density at radius 3 is 2.60 bits per heavy atom. The van der Waals surface area contributed by atoms with Crippen LogP contribution >= 0.6 is 34.8 Å². The van der Waals surface area contributed by atoms with Crippen LogP contribution in [0.5, 0.6) is 0 Å². The van der Waals surface area contributed by atoms with Gasteiger partial charge in [0.25, 0.3) is 5.91 Å². The minimum atomic E-state index is -1.11. The number of aromatic nitrogens is 2. The predicted octanol–water partition coefficient (Wildman–Crippen LogP) is 3.49. The fourth-order valence-corrected chi connectivity index (χ4v) is 2.39. The van der Waals surface area contributed by atoms with Crippen LogP contribution in [0.15, 0.2) is 10.6 Å². The highest BCUT2D eigenvalue weighted by atomic mass is 35.5. The summed E-state index contributed by atoms with van der Waals surface area (Å²) in [7, 11) is 0. The molecule has 11 heteroatoms. The number of ether oxygens (including phenoxy) is 1. The second kappa shape index (κ2) is 7.90. The number of carbonyl (C=O) groups is 2. The first kappa shape index (κ1) is 19.3. The third-order valence-corrected chi connectivity index (χ3v) is 4.19. The number of anilines is 2. The minimum absolute atomic E-state index is 0.0746. The number of nitrogens with two attached hydrogens (primary N) is 1. The van der Waals surface area contributed by atoms with Crippen molar-refractivity contribution in [1.82, 2.24) is 10.1 Å². The highest BCUT2D eigenvalue weighted by Crippen LogP contribution is 2.34. The molecule has 0 saturated heterocycles. The van der Waals surface area contributed by atoms with Crippen molar-refractivity contribution >= 4 is 58.2 Å². The summed E-state index contributed by atoms with van der Waals surface area (Å²) in [6, 6.07) is 1.52. The van der Waals surface area contributed by atoms with Gasteiger partial charge in [-0.3, -0.25) is 4.79 Å². The number of halogens is 3. The number of nitrogens with one attached hydrogen (secondary N) is 1. The number of rotatable bonds is 5. The van der Waals surface area contributed by atoms with E-state index in [1.54, 1.807) is 13.8 Å². The maximum absolute atomic E-state index is 12.3. The van der Waals surface area contributed by atoms with E-state index in [9.17, 15) is 9.59 Å². The lowest BCUT2D eigenvalue weighted by Gasteiger charge is -2.16. The molecule has 0 aliphatic rings. The van der Waals surface area contributed by atoms with E-state index in [0.717, 1.165) is 0 Å². The van der Waals surface area contributed by atoms with E-state index in [4.69, 9.17) is 49.8 Å². The van der Waals surface area contributed by atoms with E-state index in [-0.39, 0.29) is 38.8 Å². The van der Waals surface area contributed by atoms with Crippen LogP contribution in [-0.4, -0.2) is 28.1 Å². The average Bonchev–Trinajstić information content (AvgIpc) is 2.98. The summed E-state index contributed by atoms with van der Waals surface area (Å²) in [5.74, 6) is -0.837. The molecule has 25 heavy (non-hydrogen) atoms. The molecule has 2 rings (SSSR count). The van der Waals surface area contributed by atoms with Gasteiger partial charge in [-0.15, -0.1) is 0 Å². The van der Waals surface area contributed by atoms with Gasteiger partial charge in [0, 0.05) is 6.07 Å². The van der Waals surface area contributed by atoms with Crippen LogP contribution in [0.1, 0.15) is 29.6 Å². The summed E-state index contributed by atoms with van der Waals surface area (Å²) >= 11 is 17.5. The summed E-state index contributed by atoms with van der Waals surface area (Å²) in [5.41, 5.74) is 5.21. The van der Waals surface area contributed by atoms with E-state index in [1.165, 1.54) is 6.07 Å². The van der Waals surface area contributed by atoms with Crippen molar-refractivity contribution in [1.29, 1.82) is 0 Å². The Morgan fingerprint density at radius 1 is 1.36 bits per heavy atom. The van der Waals surface area contributed by atoms with Crippen molar-refractivity contribution in [3.05, 3.63) is 32.7 Å². The number of hydrogen-bond donors (Lipinski definition) is 2. The Hall–Kier alpha value is -2.03. The zero-order chi connectivity index (χ0) is 18.7. The van der Waals surface area contributed by atoms with E-state index < -0.39 is 18.0 Å². The molecule has 8 nitrogen and oxygen atoms in total. The molecule has 0 bridgehead atoms. The Labute approximate surface area is 157 Å². The molecule has 134 valence electrons. The summed E-state index contributed by atoms with van der Waals surface area (Å²) in [4.78, 5) is 28.2. The molecule has 1 amide bonds. The van der Waals surface area contributed by atoms with Gasteiger partial charge >= 0.3 is 5.97 Å². The molecule has 0 radical (unpaired) electrons. The van der Waals surface area contributed by atoms with Crippen molar-refractivity contribution in [2.45, 2.75) is 26.4 Å². The fourth-order valence-electron chi connectivity index (χ4n) is 1.81. The lowest BCUT2D eigenvalue weighted by atomic mass is 10.2. The molecule has 2 aromatic rings. The van der Waals surface area contributed by atoms with Crippen LogP contribution < -0.4 is 11.1 Å². The van der Waals surface area contributed by atoms with Crippen LogP contribution in [0.4, 0.5) is 11.5 Å². The van der Waals surface area contributed by atoms with Gasteiger partial charge in [0.1, 0.15) is 10.8 Å². The molecule has 2 aromatic heterocycles. The Kier molecular flexibility index (Phi) is 6.10. The second-order valence-electron chi connectivity index (χ2n) is 4.91. The molecular formula is C14H13Cl3N4O4. The summed E-state index contributed by atoms with van der Waals surface area (Å²) in [6.07, 6.45) is -0.916. The third-order valence-electron chi connectivity index (χ3n) is 3.06. The van der Waals surface area contributed by atoms with Gasteiger partial charge in [0.2, 0.25) is 0 Å². The number of nitrogens with zero attached hydrogens (tertiary/aromatic N) is 2. The summed E-state index contributed by atoms with van der Waals surface area (Å²) < 4.78 is 9.99. The largest absolute Gasteiger partial charge is 0.447 e.